The standard InChI is InChI=1S/C13H15NO3/c1-16-12-3-8-5-14-6-10(11(15)7-14)9(8)4-13(12)17-2/h3-4,10H,5-7H2,1-2H3. The van der Waals surface area contributed by atoms with Crippen molar-refractivity contribution in [1.82, 2.24) is 4.90 Å². The van der Waals surface area contributed by atoms with E-state index >= 15 is 0 Å². The van der Waals surface area contributed by atoms with E-state index in [1.807, 2.05) is 12.1 Å². The summed E-state index contributed by atoms with van der Waals surface area (Å²) < 4.78 is 10.6. The normalized spacial score (nSPS) is 25.6. The molecule has 0 radical (unpaired) electrons. The summed E-state index contributed by atoms with van der Waals surface area (Å²) in [5.41, 5.74) is 2.30. The number of fused-ring (bicyclic) bond motifs is 4. The molecule has 17 heavy (non-hydrogen) atoms. The summed E-state index contributed by atoms with van der Waals surface area (Å²) in [5, 5.41) is 0. The summed E-state index contributed by atoms with van der Waals surface area (Å²) in [6.07, 6.45) is 0. The lowest BCUT2D eigenvalue weighted by Crippen LogP contribution is -2.25. The highest BCUT2D eigenvalue weighted by Crippen LogP contribution is 2.40. The Balaban J connectivity index is 2.12. The molecule has 0 saturated carbocycles. The van der Waals surface area contributed by atoms with E-state index in [2.05, 4.69) is 4.90 Å². The zero-order valence-electron chi connectivity index (χ0n) is 10.0. The molecule has 3 rings (SSSR count). The van der Waals surface area contributed by atoms with Crippen molar-refractivity contribution < 1.29 is 14.3 Å². The van der Waals surface area contributed by atoms with Gasteiger partial charge in [-0.15, -0.1) is 0 Å². The Bertz CT molecular complexity index is 484. The Kier molecular flexibility index (Phi) is 2.33. The molecule has 0 spiro atoms. The van der Waals surface area contributed by atoms with Crippen molar-refractivity contribution in [1.29, 1.82) is 0 Å². The van der Waals surface area contributed by atoms with E-state index < -0.39 is 0 Å². The van der Waals surface area contributed by atoms with Gasteiger partial charge in [0.1, 0.15) is 0 Å². The summed E-state index contributed by atoms with van der Waals surface area (Å²) in [6, 6.07) is 3.95. The van der Waals surface area contributed by atoms with E-state index in [0.29, 0.717) is 18.1 Å². The number of carbonyl (C=O) groups is 1. The third-order valence-corrected chi connectivity index (χ3v) is 3.62. The SMILES string of the molecule is COc1cc2c(cc1OC)C1CN(CC1=O)C2. The molecule has 4 heteroatoms. The predicted octanol–water partition coefficient (Wildman–Crippen LogP) is 1.19. The number of ketones is 1. The third kappa shape index (κ3) is 1.52. The van der Waals surface area contributed by atoms with Crippen molar-refractivity contribution in [2.45, 2.75) is 12.5 Å². The monoisotopic (exact) mass is 233 g/mol. The van der Waals surface area contributed by atoms with E-state index in [1.54, 1.807) is 14.2 Å². The van der Waals surface area contributed by atoms with Crippen LogP contribution in [0.3, 0.4) is 0 Å². The third-order valence-electron chi connectivity index (χ3n) is 3.62. The number of hydrogen-bond acceptors (Lipinski definition) is 4. The quantitative estimate of drug-likeness (QED) is 0.769. The van der Waals surface area contributed by atoms with E-state index in [4.69, 9.17) is 9.47 Å². The topological polar surface area (TPSA) is 38.8 Å². The zero-order chi connectivity index (χ0) is 12.0. The molecule has 4 nitrogen and oxygen atoms in total. The maximum Gasteiger partial charge on any atom is 0.161 e. The van der Waals surface area contributed by atoms with Gasteiger partial charge < -0.3 is 9.47 Å². The maximum absolute atomic E-state index is 11.9. The molecule has 2 atom stereocenters. The van der Waals surface area contributed by atoms with Gasteiger partial charge >= 0.3 is 0 Å². The molecule has 2 unspecified atom stereocenters. The van der Waals surface area contributed by atoms with Crippen LogP contribution in [0.25, 0.3) is 0 Å². The Labute approximate surface area is 100 Å². The summed E-state index contributed by atoms with van der Waals surface area (Å²) >= 11 is 0. The number of rotatable bonds is 2. The minimum atomic E-state index is 0.0264. The van der Waals surface area contributed by atoms with Crippen molar-refractivity contribution in [3.05, 3.63) is 23.3 Å². The fourth-order valence-electron chi connectivity index (χ4n) is 2.79. The second kappa shape index (κ2) is 3.74. The van der Waals surface area contributed by atoms with E-state index in [0.717, 1.165) is 24.4 Å². The Morgan fingerprint density at radius 3 is 2.59 bits per heavy atom. The Morgan fingerprint density at radius 2 is 1.88 bits per heavy atom. The molecule has 0 amide bonds. The Morgan fingerprint density at radius 1 is 1.18 bits per heavy atom. The van der Waals surface area contributed by atoms with Gasteiger partial charge in [0, 0.05) is 13.1 Å². The smallest absolute Gasteiger partial charge is 0.161 e. The average molecular weight is 233 g/mol. The maximum atomic E-state index is 11.9. The highest BCUT2D eigenvalue weighted by atomic mass is 16.5. The van der Waals surface area contributed by atoms with Crippen LogP contribution in [0.4, 0.5) is 0 Å². The van der Waals surface area contributed by atoms with Crippen molar-refractivity contribution in [2.75, 3.05) is 27.3 Å². The summed E-state index contributed by atoms with van der Waals surface area (Å²) in [5.74, 6) is 1.79. The van der Waals surface area contributed by atoms with Crippen LogP contribution in [0.5, 0.6) is 11.5 Å². The first kappa shape index (κ1) is 10.6. The van der Waals surface area contributed by atoms with Crippen LogP contribution in [-0.2, 0) is 11.3 Å². The lowest BCUT2D eigenvalue weighted by Gasteiger charge is -2.25. The van der Waals surface area contributed by atoms with Crippen molar-refractivity contribution in [3.63, 3.8) is 0 Å². The molecule has 1 fully saturated rings. The van der Waals surface area contributed by atoms with Gasteiger partial charge in [0.15, 0.2) is 17.3 Å². The molecular weight excluding hydrogens is 218 g/mol. The first-order valence-electron chi connectivity index (χ1n) is 5.72. The van der Waals surface area contributed by atoms with Crippen LogP contribution in [0, 0.1) is 0 Å². The molecule has 2 aliphatic rings. The number of methoxy groups -OCH3 is 2. The number of ether oxygens (including phenoxy) is 2. The first-order chi connectivity index (χ1) is 8.22. The number of nitrogens with zero attached hydrogens (tertiary/aromatic N) is 1. The van der Waals surface area contributed by atoms with Gasteiger partial charge in [-0.2, -0.15) is 0 Å². The van der Waals surface area contributed by atoms with Crippen molar-refractivity contribution in [3.8, 4) is 11.5 Å². The lowest BCUT2D eigenvalue weighted by molar-refractivity contribution is -0.117. The first-order valence-corrected chi connectivity index (χ1v) is 5.72. The molecule has 1 aromatic carbocycles. The number of hydrogen-bond donors (Lipinski definition) is 0. The molecule has 2 aliphatic heterocycles. The molecule has 2 bridgehead atoms. The van der Waals surface area contributed by atoms with Crippen LogP contribution in [0.2, 0.25) is 0 Å². The van der Waals surface area contributed by atoms with Crippen LogP contribution in [0.15, 0.2) is 12.1 Å². The summed E-state index contributed by atoms with van der Waals surface area (Å²) in [4.78, 5) is 14.0. The number of Topliss-reactive ketones (excluding diaryl/α,β-unsaturated/α-hetero) is 1. The molecule has 90 valence electrons. The molecule has 2 heterocycles. The van der Waals surface area contributed by atoms with Gasteiger partial charge in [0.2, 0.25) is 0 Å². The van der Waals surface area contributed by atoms with Gasteiger partial charge in [0.25, 0.3) is 0 Å². The summed E-state index contributed by atoms with van der Waals surface area (Å²) in [6.45, 7) is 2.25. The zero-order valence-corrected chi connectivity index (χ0v) is 10.0. The van der Waals surface area contributed by atoms with Crippen LogP contribution < -0.4 is 9.47 Å². The van der Waals surface area contributed by atoms with Crippen molar-refractivity contribution in [2.24, 2.45) is 0 Å². The summed E-state index contributed by atoms with van der Waals surface area (Å²) in [7, 11) is 3.25. The molecule has 0 aromatic heterocycles. The second-order valence-corrected chi connectivity index (χ2v) is 4.59. The molecule has 0 aliphatic carbocycles. The Hall–Kier alpha value is -1.55. The van der Waals surface area contributed by atoms with Gasteiger partial charge in [-0.25, -0.2) is 0 Å². The lowest BCUT2D eigenvalue weighted by atomic mass is 9.90. The van der Waals surface area contributed by atoms with Gasteiger partial charge in [0.05, 0.1) is 26.7 Å². The average Bonchev–Trinajstić information content (AvgIpc) is 2.64. The largest absolute Gasteiger partial charge is 0.493 e. The molecule has 1 aromatic rings. The molecule has 1 saturated heterocycles. The van der Waals surface area contributed by atoms with E-state index in [9.17, 15) is 4.79 Å². The van der Waals surface area contributed by atoms with Crippen LogP contribution in [-0.4, -0.2) is 38.0 Å². The number of carbonyl (C=O) groups excluding carboxylic acids is 1. The van der Waals surface area contributed by atoms with Crippen LogP contribution in [0.1, 0.15) is 17.0 Å². The van der Waals surface area contributed by atoms with Gasteiger partial charge in [-0.05, 0) is 23.3 Å². The molecular formula is C13H15NO3. The predicted molar refractivity (Wildman–Crippen MR) is 62.6 cm³/mol. The van der Waals surface area contributed by atoms with Crippen LogP contribution >= 0.6 is 0 Å². The van der Waals surface area contributed by atoms with Gasteiger partial charge in [-0.1, -0.05) is 0 Å². The van der Waals surface area contributed by atoms with E-state index in [1.165, 1.54) is 5.56 Å². The van der Waals surface area contributed by atoms with Gasteiger partial charge in [-0.3, -0.25) is 9.69 Å². The highest BCUT2D eigenvalue weighted by Gasteiger charge is 2.38. The second-order valence-electron chi connectivity index (χ2n) is 4.59. The van der Waals surface area contributed by atoms with E-state index in [-0.39, 0.29) is 5.92 Å². The number of benzene rings is 1. The highest BCUT2D eigenvalue weighted by molar-refractivity contribution is 5.91. The minimum Gasteiger partial charge on any atom is -0.493 e. The fraction of sp³-hybridized carbons (Fsp3) is 0.462. The molecule has 0 N–H and O–H groups in total. The van der Waals surface area contributed by atoms with Crippen molar-refractivity contribution >= 4 is 5.78 Å². The fourth-order valence-corrected chi connectivity index (χ4v) is 2.79. The minimum absolute atomic E-state index is 0.0264.